The molecular formula is C15H21NO5. The minimum absolute atomic E-state index is 0.178. The maximum absolute atomic E-state index is 11.8. The molecule has 0 unspecified atom stereocenters. The van der Waals surface area contributed by atoms with Crippen molar-refractivity contribution in [3.05, 3.63) is 18.2 Å². The average Bonchev–Trinajstić information content (AvgIpc) is 2.48. The summed E-state index contributed by atoms with van der Waals surface area (Å²) in [5, 5.41) is 2.75. The second kappa shape index (κ2) is 8.84. The molecule has 1 aromatic carbocycles. The monoisotopic (exact) mass is 295 g/mol. The first-order chi connectivity index (χ1) is 10.1. The number of carbonyl (C=O) groups is 2. The number of rotatable bonds is 8. The van der Waals surface area contributed by atoms with E-state index in [9.17, 15) is 9.59 Å². The summed E-state index contributed by atoms with van der Waals surface area (Å²) in [6, 6.07) is 5.13. The van der Waals surface area contributed by atoms with Gasteiger partial charge in [0.1, 0.15) is 11.5 Å². The Bertz CT molecular complexity index is 487. The molecule has 0 heterocycles. The van der Waals surface area contributed by atoms with Crippen LogP contribution in [0.25, 0.3) is 0 Å². The molecule has 0 saturated heterocycles. The third-order valence-corrected chi connectivity index (χ3v) is 2.77. The predicted molar refractivity (Wildman–Crippen MR) is 78.7 cm³/mol. The van der Waals surface area contributed by atoms with E-state index >= 15 is 0 Å². The standard InChI is InChI=1S/C15H21NO5/c1-4-21-15(18)7-5-6-14(17)16-12-9-8-11(19-2)10-13(12)20-3/h8-10H,4-7H2,1-3H3,(H,16,17). The second-order valence-electron chi connectivity index (χ2n) is 4.27. The lowest BCUT2D eigenvalue weighted by atomic mass is 10.2. The minimum Gasteiger partial charge on any atom is -0.497 e. The fraction of sp³-hybridized carbons (Fsp3) is 0.467. The van der Waals surface area contributed by atoms with Crippen molar-refractivity contribution in [3.63, 3.8) is 0 Å². The van der Waals surface area contributed by atoms with Crippen LogP contribution < -0.4 is 14.8 Å². The van der Waals surface area contributed by atoms with Crippen LogP contribution in [0.4, 0.5) is 5.69 Å². The highest BCUT2D eigenvalue weighted by Gasteiger charge is 2.10. The molecule has 6 heteroatoms. The molecule has 1 rings (SSSR count). The summed E-state index contributed by atoms with van der Waals surface area (Å²) in [6.45, 7) is 2.11. The van der Waals surface area contributed by atoms with E-state index in [4.69, 9.17) is 14.2 Å². The Morgan fingerprint density at radius 3 is 2.52 bits per heavy atom. The van der Waals surface area contributed by atoms with Crippen molar-refractivity contribution in [2.24, 2.45) is 0 Å². The van der Waals surface area contributed by atoms with Gasteiger partial charge in [0.15, 0.2) is 0 Å². The van der Waals surface area contributed by atoms with E-state index in [1.807, 2.05) is 0 Å². The van der Waals surface area contributed by atoms with E-state index in [1.54, 1.807) is 32.2 Å². The first-order valence-corrected chi connectivity index (χ1v) is 6.78. The summed E-state index contributed by atoms with van der Waals surface area (Å²) in [5.74, 6) is 0.704. The molecule has 0 spiro atoms. The minimum atomic E-state index is -0.285. The Labute approximate surface area is 124 Å². The number of hydrogen-bond donors (Lipinski definition) is 1. The molecular weight excluding hydrogens is 274 g/mol. The second-order valence-corrected chi connectivity index (χ2v) is 4.27. The Hall–Kier alpha value is -2.24. The summed E-state index contributed by atoms with van der Waals surface area (Å²) in [6.07, 6.45) is 0.929. The van der Waals surface area contributed by atoms with Gasteiger partial charge in [0.2, 0.25) is 5.91 Å². The zero-order valence-corrected chi connectivity index (χ0v) is 12.6. The molecule has 1 aromatic rings. The van der Waals surface area contributed by atoms with Gasteiger partial charge >= 0.3 is 5.97 Å². The van der Waals surface area contributed by atoms with E-state index in [0.717, 1.165) is 0 Å². The highest BCUT2D eigenvalue weighted by Crippen LogP contribution is 2.29. The number of ether oxygens (including phenoxy) is 3. The lowest BCUT2D eigenvalue weighted by molar-refractivity contribution is -0.143. The fourth-order valence-corrected chi connectivity index (χ4v) is 1.74. The van der Waals surface area contributed by atoms with Crippen LogP contribution in [0.1, 0.15) is 26.2 Å². The van der Waals surface area contributed by atoms with E-state index < -0.39 is 0 Å². The molecule has 0 aliphatic heterocycles. The van der Waals surface area contributed by atoms with E-state index in [-0.39, 0.29) is 24.7 Å². The number of esters is 1. The van der Waals surface area contributed by atoms with Crippen molar-refractivity contribution >= 4 is 17.6 Å². The molecule has 116 valence electrons. The number of amides is 1. The summed E-state index contributed by atoms with van der Waals surface area (Å²) in [7, 11) is 3.08. The maximum atomic E-state index is 11.8. The molecule has 6 nitrogen and oxygen atoms in total. The molecule has 0 aliphatic carbocycles. The molecule has 0 radical (unpaired) electrons. The van der Waals surface area contributed by atoms with E-state index in [1.165, 1.54) is 7.11 Å². The van der Waals surface area contributed by atoms with Crippen LogP contribution in [-0.2, 0) is 14.3 Å². The maximum Gasteiger partial charge on any atom is 0.305 e. The number of carbonyl (C=O) groups excluding carboxylic acids is 2. The molecule has 0 saturated carbocycles. The number of hydrogen-bond acceptors (Lipinski definition) is 5. The third-order valence-electron chi connectivity index (χ3n) is 2.77. The van der Waals surface area contributed by atoms with E-state index in [2.05, 4.69) is 5.32 Å². The number of nitrogens with one attached hydrogen (secondary N) is 1. The van der Waals surface area contributed by atoms with Gasteiger partial charge in [0.25, 0.3) is 0 Å². The summed E-state index contributed by atoms with van der Waals surface area (Å²) in [4.78, 5) is 23.0. The van der Waals surface area contributed by atoms with Gasteiger partial charge in [-0.25, -0.2) is 0 Å². The highest BCUT2D eigenvalue weighted by atomic mass is 16.5. The molecule has 1 N–H and O–H groups in total. The lowest BCUT2D eigenvalue weighted by Crippen LogP contribution is -2.13. The van der Waals surface area contributed by atoms with Crippen LogP contribution in [0.3, 0.4) is 0 Å². The Kier molecular flexibility index (Phi) is 7.08. The molecule has 0 aliphatic rings. The molecule has 0 aromatic heterocycles. The quantitative estimate of drug-likeness (QED) is 0.745. The smallest absolute Gasteiger partial charge is 0.305 e. The third kappa shape index (κ3) is 5.72. The van der Waals surface area contributed by atoms with Crippen molar-refractivity contribution in [1.29, 1.82) is 0 Å². The first kappa shape index (κ1) is 16.8. The first-order valence-electron chi connectivity index (χ1n) is 6.78. The van der Waals surface area contributed by atoms with Crippen LogP contribution >= 0.6 is 0 Å². The Balaban J connectivity index is 2.49. The Morgan fingerprint density at radius 1 is 1.14 bits per heavy atom. The van der Waals surface area contributed by atoms with Gasteiger partial charge < -0.3 is 19.5 Å². The SMILES string of the molecule is CCOC(=O)CCCC(=O)Nc1ccc(OC)cc1OC. The van der Waals surface area contributed by atoms with Gasteiger partial charge in [0, 0.05) is 18.9 Å². The summed E-state index contributed by atoms with van der Waals surface area (Å²) < 4.78 is 15.1. The van der Waals surface area contributed by atoms with Crippen LogP contribution in [0.5, 0.6) is 11.5 Å². The average molecular weight is 295 g/mol. The lowest BCUT2D eigenvalue weighted by Gasteiger charge is -2.11. The number of methoxy groups -OCH3 is 2. The zero-order chi connectivity index (χ0) is 15.7. The Morgan fingerprint density at radius 2 is 1.90 bits per heavy atom. The van der Waals surface area contributed by atoms with Crippen molar-refractivity contribution in [1.82, 2.24) is 0 Å². The van der Waals surface area contributed by atoms with Crippen molar-refractivity contribution in [3.8, 4) is 11.5 Å². The normalized spacial score (nSPS) is 9.86. The van der Waals surface area contributed by atoms with Gasteiger partial charge in [-0.1, -0.05) is 0 Å². The topological polar surface area (TPSA) is 73.9 Å². The molecule has 1 amide bonds. The molecule has 0 atom stereocenters. The molecule has 0 bridgehead atoms. The van der Waals surface area contributed by atoms with Gasteiger partial charge in [-0.05, 0) is 25.5 Å². The highest BCUT2D eigenvalue weighted by molar-refractivity contribution is 5.92. The van der Waals surface area contributed by atoms with Gasteiger partial charge in [-0.15, -0.1) is 0 Å². The summed E-state index contributed by atoms with van der Waals surface area (Å²) in [5.41, 5.74) is 0.569. The van der Waals surface area contributed by atoms with Crippen LogP contribution in [0, 0.1) is 0 Å². The largest absolute Gasteiger partial charge is 0.497 e. The van der Waals surface area contributed by atoms with Crippen molar-refractivity contribution in [2.45, 2.75) is 26.2 Å². The van der Waals surface area contributed by atoms with E-state index in [0.29, 0.717) is 30.2 Å². The molecule has 0 fully saturated rings. The van der Waals surface area contributed by atoms with Gasteiger partial charge in [0.05, 0.1) is 26.5 Å². The predicted octanol–water partition coefficient (Wildman–Crippen LogP) is 2.38. The number of benzene rings is 1. The van der Waals surface area contributed by atoms with Crippen LogP contribution in [0.2, 0.25) is 0 Å². The summed E-state index contributed by atoms with van der Waals surface area (Å²) >= 11 is 0. The number of anilines is 1. The van der Waals surface area contributed by atoms with Gasteiger partial charge in [-0.2, -0.15) is 0 Å². The molecule has 21 heavy (non-hydrogen) atoms. The van der Waals surface area contributed by atoms with Crippen LogP contribution in [0.15, 0.2) is 18.2 Å². The zero-order valence-electron chi connectivity index (χ0n) is 12.6. The van der Waals surface area contributed by atoms with Crippen LogP contribution in [-0.4, -0.2) is 32.7 Å². The van der Waals surface area contributed by atoms with Crippen molar-refractivity contribution < 1.29 is 23.8 Å². The van der Waals surface area contributed by atoms with Gasteiger partial charge in [-0.3, -0.25) is 9.59 Å². The fourth-order valence-electron chi connectivity index (χ4n) is 1.74. The van der Waals surface area contributed by atoms with Crippen molar-refractivity contribution in [2.75, 3.05) is 26.1 Å².